The van der Waals surface area contributed by atoms with Gasteiger partial charge in [-0.05, 0) is 13.3 Å². The maximum absolute atomic E-state index is 10.9. The number of nitrogens with one attached hydrogen (secondary N) is 1. The quantitative estimate of drug-likeness (QED) is 0.350. The lowest BCUT2D eigenvalue weighted by Crippen LogP contribution is -2.20. The largest absolute Gasteiger partial charge is 0.463 e. The molecule has 0 rings (SSSR count). The molecule has 0 spiro atoms. The molecule has 0 bridgehead atoms. The van der Waals surface area contributed by atoms with Crippen LogP contribution in [0, 0.1) is 0 Å². The lowest BCUT2D eigenvalue weighted by molar-refractivity contribution is -0.137. The van der Waals surface area contributed by atoms with E-state index in [9.17, 15) is 4.79 Å². The molecular formula is C12H23NO3. The fourth-order valence-corrected chi connectivity index (χ4v) is 1.02. The van der Waals surface area contributed by atoms with Gasteiger partial charge in [0.05, 0.1) is 13.2 Å². The van der Waals surface area contributed by atoms with Gasteiger partial charge in [-0.15, -0.1) is 0 Å². The van der Waals surface area contributed by atoms with Gasteiger partial charge < -0.3 is 14.8 Å². The van der Waals surface area contributed by atoms with Gasteiger partial charge in [-0.2, -0.15) is 0 Å². The number of esters is 1. The van der Waals surface area contributed by atoms with E-state index in [1.54, 1.807) is 13.0 Å². The van der Waals surface area contributed by atoms with E-state index >= 15 is 0 Å². The third-order valence-corrected chi connectivity index (χ3v) is 1.87. The number of carbonyl (C=O) groups is 1. The van der Waals surface area contributed by atoms with Crippen LogP contribution in [-0.4, -0.2) is 38.9 Å². The molecule has 4 nitrogen and oxygen atoms in total. The highest BCUT2D eigenvalue weighted by atomic mass is 16.5. The Bertz CT molecular complexity index is 193. The van der Waals surface area contributed by atoms with E-state index in [2.05, 4.69) is 12.2 Å². The Morgan fingerprint density at radius 1 is 1.31 bits per heavy atom. The topological polar surface area (TPSA) is 47.6 Å². The van der Waals surface area contributed by atoms with Gasteiger partial charge in [0, 0.05) is 25.8 Å². The summed E-state index contributed by atoms with van der Waals surface area (Å²) in [5.41, 5.74) is 0. The number of ether oxygens (including phenoxy) is 2. The molecule has 0 radical (unpaired) electrons. The first-order valence-electron chi connectivity index (χ1n) is 5.93. The zero-order valence-corrected chi connectivity index (χ0v) is 10.3. The van der Waals surface area contributed by atoms with Gasteiger partial charge in [0.15, 0.2) is 0 Å². The van der Waals surface area contributed by atoms with Crippen molar-refractivity contribution in [2.75, 3.05) is 32.9 Å². The minimum absolute atomic E-state index is 0.288. The van der Waals surface area contributed by atoms with E-state index in [4.69, 9.17) is 9.47 Å². The molecule has 0 unspecified atom stereocenters. The Labute approximate surface area is 98.0 Å². The summed E-state index contributed by atoms with van der Waals surface area (Å²) in [6, 6.07) is 0. The Morgan fingerprint density at radius 2 is 2.12 bits per heavy atom. The van der Waals surface area contributed by atoms with Crippen molar-refractivity contribution < 1.29 is 14.3 Å². The summed E-state index contributed by atoms with van der Waals surface area (Å²) >= 11 is 0. The summed E-state index contributed by atoms with van der Waals surface area (Å²) in [6.07, 6.45) is 5.47. The molecule has 0 amide bonds. The Kier molecular flexibility index (Phi) is 11.5. The van der Waals surface area contributed by atoms with Gasteiger partial charge in [0.2, 0.25) is 0 Å². The first-order chi connectivity index (χ1) is 7.81. The molecule has 0 saturated carbocycles. The van der Waals surface area contributed by atoms with Crippen molar-refractivity contribution >= 4 is 5.97 Å². The maximum Gasteiger partial charge on any atom is 0.330 e. The van der Waals surface area contributed by atoms with E-state index in [1.807, 2.05) is 0 Å². The smallest absolute Gasteiger partial charge is 0.330 e. The summed E-state index contributed by atoms with van der Waals surface area (Å²) in [4.78, 5) is 10.9. The number of rotatable bonds is 10. The molecule has 94 valence electrons. The molecule has 0 atom stereocenters. The van der Waals surface area contributed by atoms with Gasteiger partial charge in [-0.25, -0.2) is 4.79 Å². The molecule has 0 aliphatic heterocycles. The Balaban J connectivity index is 3.17. The predicted molar refractivity (Wildman–Crippen MR) is 64.4 cm³/mol. The number of unbranched alkanes of at least 4 members (excludes halogenated alkanes) is 1. The average molecular weight is 229 g/mol. The van der Waals surface area contributed by atoms with E-state index in [0.717, 1.165) is 26.0 Å². The summed E-state index contributed by atoms with van der Waals surface area (Å²) in [6.45, 7) is 7.36. The van der Waals surface area contributed by atoms with Crippen LogP contribution < -0.4 is 5.32 Å². The number of carbonyl (C=O) groups excluding carboxylic acids is 1. The molecule has 0 fully saturated rings. The zero-order valence-electron chi connectivity index (χ0n) is 10.3. The molecule has 0 heterocycles. The van der Waals surface area contributed by atoms with Crippen LogP contribution in [0.2, 0.25) is 0 Å². The number of hydrogen-bond acceptors (Lipinski definition) is 4. The van der Waals surface area contributed by atoms with Crippen molar-refractivity contribution in [1.29, 1.82) is 0 Å². The van der Waals surface area contributed by atoms with Crippen molar-refractivity contribution in [1.82, 2.24) is 5.32 Å². The Morgan fingerprint density at radius 3 is 2.81 bits per heavy atom. The zero-order chi connectivity index (χ0) is 12.1. The fourth-order valence-electron chi connectivity index (χ4n) is 1.02. The summed E-state index contributed by atoms with van der Waals surface area (Å²) < 4.78 is 10.1. The summed E-state index contributed by atoms with van der Waals surface area (Å²) in [7, 11) is 0. The highest BCUT2D eigenvalue weighted by Crippen LogP contribution is 1.86. The van der Waals surface area contributed by atoms with Crippen LogP contribution in [0.25, 0.3) is 0 Å². The molecule has 0 aromatic heterocycles. The van der Waals surface area contributed by atoms with Crippen molar-refractivity contribution in [3.8, 4) is 0 Å². The lowest BCUT2D eigenvalue weighted by atomic mass is 10.4. The molecule has 4 heteroatoms. The van der Waals surface area contributed by atoms with Crippen molar-refractivity contribution in [3.63, 3.8) is 0 Å². The van der Waals surface area contributed by atoms with E-state index in [0.29, 0.717) is 19.8 Å². The second-order valence-corrected chi connectivity index (χ2v) is 3.32. The van der Waals surface area contributed by atoms with Crippen molar-refractivity contribution in [3.05, 3.63) is 12.2 Å². The molecule has 0 saturated heterocycles. The first-order valence-corrected chi connectivity index (χ1v) is 5.93. The molecule has 16 heavy (non-hydrogen) atoms. The minimum atomic E-state index is -0.288. The third-order valence-electron chi connectivity index (χ3n) is 1.87. The van der Waals surface area contributed by atoms with Gasteiger partial charge in [0.25, 0.3) is 0 Å². The van der Waals surface area contributed by atoms with Crippen LogP contribution in [-0.2, 0) is 14.3 Å². The van der Waals surface area contributed by atoms with Crippen LogP contribution >= 0.6 is 0 Å². The second-order valence-electron chi connectivity index (χ2n) is 3.32. The van der Waals surface area contributed by atoms with Gasteiger partial charge in [-0.3, -0.25) is 0 Å². The summed E-state index contributed by atoms with van der Waals surface area (Å²) in [5, 5.41) is 3.14. The lowest BCUT2D eigenvalue weighted by Gasteiger charge is -2.03. The normalized spacial score (nSPS) is 10.9. The van der Waals surface area contributed by atoms with Crippen LogP contribution in [0.1, 0.15) is 26.7 Å². The maximum atomic E-state index is 10.9. The highest BCUT2D eigenvalue weighted by molar-refractivity contribution is 5.81. The second kappa shape index (κ2) is 12.2. The van der Waals surface area contributed by atoms with Crippen LogP contribution in [0.4, 0.5) is 0 Å². The SMILES string of the molecule is CCCCOCCNC/C=C/C(=O)OCC. The molecule has 0 aliphatic rings. The van der Waals surface area contributed by atoms with Gasteiger partial charge >= 0.3 is 5.97 Å². The molecule has 1 N–H and O–H groups in total. The fraction of sp³-hybridized carbons (Fsp3) is 0.750. The molecule has 0 aromatic carbocycles. The summed E-state index contributed by atoms with van der Waals surface area (Å²) in [5.74, 6) is -0.288. The van der Waals surface area contributed by atoms with E-state index in [1.165, 1.54) is 6.08 Å². The monoisotopic (exact) mass is 229 g/mol. The third kappa shape index (κ3) is 11.2. The highest BCUT2D eigenvalue weighted by Gasteiger charge is 1.91. The first kappa shape index (κ1) is 15.1. The van der Waals surface area contributed by atoms with Crippen molar-refractivity contribution in [2.45, 2.75) is 26.7 Å². The minimum Gasteiger partial charge on any atom is -0.463 e. The van der Waals surface area contributed by atoms with E-state index in [-0.39, 0.29) is 5.97 Å². The Hall–Kier alpha value is -0.870. The molecule has 0 aromatic rings. The van der Waals surface area contributed by atoms with Gasteiger partial charge in [0.1, 0.15) is 0 Å². The van der Waals surface area contributed by atoms with Gasteiger partial charge in [-0.1, -0.05) is 19.4 Å². The van der Waals surface area contributed by atoms with Crippen LogP contribution in [0.5, 0.6) is 0 Å². The van der Waals surface area contributed by atoms with Crippen LogP contribution in [0.15, 0.2) is 12.2 Å². The predicted octanol–water partition coefficient (Wildman–Crippen LogP) is 1.51. The standard InChI is InChI=1S/C12H23NO3/c1-3-5-10-15-11-9-13-8-6-7-12(14)16-4-2/h6-7,13H,3-5,8-11H2,1-2H3/b7-6+. The number of hydrogen-bond donors (Lipinski definition) is 1. The molecule has 0 aliphatic carbocycles. The van der Waals surface area contributed by atoms with Crippen molar-refractivity contribution in [2.24, 2.45) is 0 Å². The average Bonchev–Trinajstić information content (AvgIpc) is 2.27. The van der Waals surface area contributed by atoms with Crippen LogP contribution in [0.3, 0.4) is 0 Å². The van der Waals surface area contributed by atoms with E-state index < -0.39 is 0 Å². The molecular weight excluding hydrogens is 206 g/mol.